The molecule has 0 aliphatic carbocycles. The lowest BCUT2D eigenvalue weighted by atomic mass is 10.2. The molecule has 0 unspecified atom stereocenters. The summed E-state index contributed by atoms with van der Waals surface area (Å²) in [4.78, 5) is 32.7. The third-order valence-electron chi connectivity index (χ3n) is 6.20. The summed E-state index contributed by atoms with van der Waals surface area (Å²) in [5.41, 5.74) is 1.32. The summed E-state index contributed by atoms with van der Waals surface area (Å²) in [5, 5.41) is 16.6. The van der Waals surface area contributed by atoms with E-state index in [2.05, 4.69) is 55.3 Å². The molecule has 0 N–H and O–H groups in total. The minimum absolute atomic E-state index is 0.127. The molecule has 11 nitrogen and oxygen atoms in total. The lowest BCUT2D eigenvalue weighted by Gasteiger charge is -2.10. The molecule has 0 bridgehead atoms. The molecule has 6 aromatic rings. The minimum Gasteiger partial charge on any atom is -0.496 e. The van der Waals surface area contributed by atoms with Crippen LogP contribution in [0.4, 0.5) is 5.69 Å². The van der Waals surface area contributed by atoms with E-state index in [1.165, 1.54) is 16.8 Å². The monoisotopic (exact) mass is 785 g/mol. The van der Waals surface area contributed by atoms with Crippen LogP contribution in [0.3, 0.4) is 0 Å². The molecular weight excluding hydrogens is 768 g/mol. The molecule has 0 spiro atoms. The van der Waals surface area contributed by atoms with Gasteiger partial charge >= 0.3 is 0 Å². The molecule has 13 heteroatoms. The number of aromatic nitrogens is 3. The Morgan fingerprint density at radius 1 is 1.02 bits per heavy atom. The fourth-order valence-electron chi connectivity index (χ4n) is 4.23. The van der Waals surface area contributed by atoms with Gasteiger partial charge in [0, 0.05) is 12.1 Å². The Bertz CT molecular complexity index is 2070. The van der Waals surface area contributed by atoms with E-state index in [0.29, 0.717) is 39.3 Å². The Labute approximate surface area is 264 Å². The van der Waals surface area contributed by atoms with Crippen molar-refractivity contribution in [1.29, 1.82) is 0 Å². The average molecular weight is 785 g/mol. The van der Waals surface area contributed by atoms with E-state index in [0.717, 1.165) is 18.7 Å². The minimum atomic E-state index is -0.523. The van der Waals surface area contributed by atoms with Gasteiger partial charge in [0.25, 0.3) is 11.2 Å². The number of para-hydroxylation sites is 1. The normalized spacial score (nSPS) is 11.4. The molecule has 0 aliphatic heterocycles. The highest BCUT2D eigenvalue weighted by Gasteiger charge is 2.18. The van der Waals surface area contributed by atoms with Gasteiger partial charge in [-0.25, -0.2) is 9.97 Å². The lowest BCUT2D eigenvalue weighted by molar-refractivity contribution is -0.385. The molecule has 42 heavy (non-hydrogen) atoms. The molecule has 0 saturated carbocycles. The third kappa shape index (κ3) is 5.32. The molecule has 0 aliphatic rings. The number of furan rings is 1. The van der Waals surface area contributed by atoms with E-state index in [9.17, 15) is 14.9 Å². The first kappa shape index (κ1) is 27.8. The zero-order valence-electron chi connectivity index (χ0n) is 21.5. The van der Waals surface area contributed by atoms with Gasteiger partial charge in [-0.3, -0.25) is 14.9 Å². The zero-order valence-corrected chi connectivity index (χ0v) is 25.8. The van der Waals surface area contributed by atoms with E-state index >= 15 is 0 Å². The molecule has 208 valence electrons. The Hall–Kier alpha value is -4.38. The number of hydrogen-bond acceptors (Lipinski definition) is 9. The van der Waals surface area contributed by atoms with Crippen LogP contribution >= 0.6 is 45.2 Å². The van der Waals surface area contributed by atoms with Crippen LogP contribution in [0.2, 0.25) is 0 Å². The molecule has 3 aromatic heterocycles. The Morgan fingerprint density at radius 3 is 2.52 bits per heavy atom. The van der Waals surface area contributed by atoms with E-state index in [1.807, 2.05) is 36.4 Å². The van der Waals surface area contributed by atoms with Crippen molar-refractivity contribution in [1.82, 2.24) is 14.6 Å². The molecule has 6 rings (SSSR count). The maximum atomic E-state index is 13.6. The standard InChI is InChI=1S/C29H17I2N5O6/c1-40-23-7-4-8-24-19(23)13-25(41-24)28-34-22-6-3-2-5-18(22)29(37)35(28)33-14-16-11-20(30)27(21(31)12-16)42-26-10-9-17(15-32-26)36(38)39/h2-15H,1H3. The number of fused-ring (bicyclic) bond motifs is 2. The van der Waals surface area contributed by atoms with Crippen LogP contribution in [-0.4, -0.2) is 32.9 Å². The predicted molar refractivity (Wildman–Crippen MR) is 174 cm³/mol. The van der Waals surface area contributed by atoms with E-state index in [-0.39, 0.29) is 23.0 Å². The van der Waals surface area contributed by atoms with Gasteiger partial charge in [0.1, 0.15) is 17.5 Å². The number of hydrogen-bond donors (Lipinski definition) is 0. The summed E-state index contributed by atoms with van der Waals surface area (Å²) in [7, 11) is 1.58. The summed E-state index contributed by atoms with van der Waals surface area (Å²) in [5.74, 6) is 1.99. The highest BCUT2D eigenvalue weighted by molar-refractivity contribution is 14.1. The first-order chi connectivity index (χ1) is 20.3. The third-order valence-corrected chi connectivity index (χ3v) is 7.80. The van der Waals surface area contributed by atoms with Gasteiger partial charge in [-0.1, -0.05) is 18.2 Å². The Morgan fingerprint density at radius 2 is 1.81 bits per heavy atom. The van der Waals surface area contributed by atoms with Crippen molar-refractivity contribution in [3.8, 4) is 29.0 Å². The molecule has 0 radical (unpaired) electrons. The van der Waals surface area contributed by atoms with Crippen LogP contribution in [-0.2, 0) is 0 Å². The van der Waals surface area contributed by atoms with Gasteiger partial charge < -0.3 is 13.9 Å². The van der Waals surface area contributed by atoms with Crippen LogP contribution in [0.25, 0.3) is 33.5 Å². The van der Waals surface area contributed by atoms with E-state index in [1.54, 1.807) is 37.6 Å². The second kappa shape index (κ2) is 11.5. The number of nitro groups is 1. The molecule has 0 atom stereocenters. The van der Waals surface area contributed by atoms with Gasteiger partial charge in [-0.05, 0) is 93.2 Å². The van der Waals surface area contributed by atoms with Crippen LogP contribution in [0.15, 0.2) is 93.3 Å². The predicted octanol–water partition coefficient (Wildman–Crippen LogP) is 7.01. The molecule has 0 fully saturated rings. The van der Waals surface area contributed by atoms with Gasteiger partial charge in [-0.15, -0.1) is 0 Å². The van der Waals surface area contributed by atoms with Gasteiger partial charge in [0.2, 0.25) is 11.7 Å². The van der Waals surface area contributed by atoms with Crippen LogP contribution in [0, 0.1) is 17.3 Å². The topological polar surface area (TPSA) is 135 Å². The number of halogens is 2. The Balaban J connectivity index is 1.40. The van der Waals surface area contributed by atoms with Crippen molar-refractivity contribution < 1.29 is 18.8 Å². The fraction of sp³-hybridized carbons (Fsp3) is 0.0345. The van der Waals surface area contributed by atoms with Gasteiger partial charge in [0.05, 0.1) is 41.7 Å². The second-order valence-electron chi connectivity index (χ2n) is 8.82. The number of rotatable bonds is 7. The Kier molecular flexibility index (Phi) is 7.59. The average Bonchev–Trinajstić information content (AvgIpc) is 3.43. The zero-order chi connectivity index (χ0) is 29.4. The summed E-state index contributed by atoms with van der Waals surface area (Å²) < 4.78 is 20.2. The molecule has 0 amide bonds. The first-order valence-electron chi connectivity index (χ1n) is 12.2. The van der Waals surface area contributed by atoms with Crippen LogP contribution < -0.4 is 15.0 Å². The highest BCUT2D eigenvalue weighted by Crippen LogP contribution is 2.34. The first-order valence-corrected chi connectivity index (χ1v) is 14.4. The maximum Gasteiger partial charge on any atom is 0.287 e. The van der Waals surface area contributed by atoms with E-state index < -0.39 is 4.92 Å². The smallest absolute Gasteiger partial charge is 0.287 e. The quantitative estimate of drug-likeness (QED) is 0.0731. The van der Waals surface area contributed by atoms with E-state index in [4.69, 9.17) is 18.9 Å². The number of nitrogens with zero attached hydrogens (tertiary/aromatic N) is 5. The number of ether oxygens (including phenoxy) is 2. The van der Waals surface area contributed by atoms with Crippen molar-refractivity contribution in [2.45, 2.75) is 0 Å². The number of pyridine rings is 1. The second-order valence-corrected chi connectivity index (χ2v) is 11.1. The largest absolute Gasteiger partial charge is 0.496 e. The maximum absolute atomic E-state index is 13.6. The van der Waals surface area contributed by atoms with Crippen LogP contribution in [0.5, 0.6) is 17.4 Å². The van der Waals surface area contributed by atoms with Gasteiger partial charge in [0.15, 0.2) is 11.5 Å². The van der Waals surface area contributed by atoms with Crippen molar-refractivity contribution in [3.05, 3.63) is 112 Å². The molecule has 3 heterocycles. The SMILES string of the molecule is COc1cccc2oc(-c3nc4ccccc4c(=O)n3N=Cc3cc(I)c(Oc4ccc([N+](=O)[O-])cn4)c(I)c3)cc12. The number of benzene rings is 3. The summed E-state index contributed by atoms with van der Waals surface area (Å²) in [6.45, 7) is 0. The van der Waals surface area contributed by atoms with Crippen molar-refractivity contribution in [3.63, 3.8) is 0 Å². The fourth-order valence-corrected chi connectivity index (χ4v) is 6.27. The summed E-state index contributed by atoms with van der Waals surface area (Å²) in [6, 6.07) is 20.7. The molecule has 0 saturated heterocycles. The van der Waals surface area contributed by atoms with Crippen molar-refractivity contribution in [2.24, 2.45) is 5.10 Å². The summed E-state index contributed by atoms with van der Waals surface area (Å²) >= 11 is 4.25. The van der Waals surface area contributed by atoms with Gasteiger partial charge in [-0.2, -0.15) is 9.78 Å². The summed E-state index contributed by atoms with van der Waals surface area (Å²) in [6.07, 6.45) is 2.70. The molecule has 3 aromatic carbocycles. The lowest BCUT2D eigenvalue weighted by Crippen LogP contribution is -2.20. The number of methoxy groups -OCH3 is 1. The van der Waals surface area contributed by atoms with Crippen molar-refractivity contribution in [2.75, 3.05) is 7.11 Å². The van der Waals surface area contributed by atoms with Crippen LogP contribution in [0.1, 0.15) is 5.56 Å². The van der Waals surface area contributed by atoms with Crippen molar-refractivity contribution >= 4 is 79.0 Å². The molecular formula is C29H17I2N5O6. The highest BCUT2D eigenvalue weighted by atomic mass is 127.